The molecule has 0 aliphatic heterocycles. The van der Waals surface area contributed by atoms with Crippen molar-refractivity contribution in [1.82, 2.24) is 14.1 Å². The average molecular weight is 318 g/mol. The fourth-order valence-electron chi connectivity index (χ4n) is 1.96. The van der Waals surface area contributed by atoms with E-state index in [-0.39, 0.29) is 17.5 Å². The summed E-state index contributed by atoms with van der Waals surface area (Å²) in [5, 5.41) is 11.7. The number of aryl methyl sites for hydroxylation is 1. The van der Waals surface area contributed by atoms with Crippen molar-refractivity contribution in [2.24, 2.45) is 0 Å². The highest BCUT2D eigenvalue weighted by Crippen LogP contribution is 2.23. The molecule has 0 saturated heterocycles. The van der Waals surface area contributed by atoms with Gasteiger partial charge >= 0.3 is 5.69 Å². The van der Waals surface area contributed by atoms with Crippen molar-refractivity contribution in [2.75, 3.05) is 0 Å². The van der Waals surface area contributed by atoms with E-state index in [2.05, 4.69) is 25.8 Å². The van der Waals surface area contributed by atoms with Crippen molar-refractivity contribution >= 4 is 11.3 Å². The minimum atomic E-state index is -0.565. The van der Waals surface area contributed by atoms with E-state index in [1.54, 1.807) is 6.92 Å². The lowest BCUT2D eigenvalue weighted by atomic mass is 9.93. The lowest BCUT2D eigenvalue weighted by molar-refractivity contribution is 0.564. The maximum absolute atomic E-state index is 12.3. The van der Waals surface area contributed by atoms with Gasteiger partial charge in [0.15, 0.2) is 0 Å². The number of rotatable bonds is 3. The van der Waals surface area contributed by atoms with E-state index >= 15 is 0 Å². The van der Waals surface area contributed by atoms with Crippen LogP contribution in [-0.4, -0.2) is 14.1 Å². The Balaban J connectivity index is 2.50. The molecule has 0 amide bonds. The molecule has 0 aliphatic carbocycles. The number of aromatic nitrogens is 3. The molecule has 0 aromatic carbocycles. The first kappa shape index (κ1) is 16.2. The molecule has 0 N–H and O–H groups in total. The van der Waals surface area contributed by atoms with Crippen LogP contribution in [0, 0.1) is 11.3 Å². The van der Waals surface area contributed by atoms with E-state index < -0.39 is 11.2 Å². The summed E-state index contributed by atoms with van der Waals surface area (Å²) in [6.07, 6.45) is 1.31. The maximum atomic E-state index is 12.3. The summed E-state index contributed by atoms with van der Waals surface area (Å²) in [4.78, 5) is 29.0. The summed E-state index contributed by atoms with van der Waals surface area (Å²) in [6.45, 7) is 8.44. The Morgan fingerprint density at radius 3 is 2.55 bits per heavy atom. The molecule has 22 heavy (non-hydrogen) atoms. The van der Waals surface area contributed by atoms with Gasteiger partial charge in [-0.1, -0.05) is 20.8 Å². The predicted molar refractivity (Wildman–Crippen MR) is 85.3 cm³/mol. The highest BCUT2D eigenvalue weighted by molar-refractivity contribution is 7.09. The number of thiazole rings is 1. The normalized spacial score (nSPS) is 11.4. The molecular formula is C15H18N4O2S. The third kappa shape index (κ3) is 3.02. The van der Waals surface area contributed by atoms with Gasteiger partial charge in [0.25, 0.3) is 5.56 Å². The Bertz CT molecular complexity index is 846. The van der Waals surface area contributed by atoms with Crippen LogP contribution in [0.25, 0.3) is 0 Å². The predicted octanol–water partition coefficient (Wildman–Crippen LogP) is 1.70. The number of hydrogen-bond acceptors (Lipinski definition) is 5. The molecule has 0 saturated carbocycles. The highest BCUT2D eigenvalue weighted by Gasteiger charge is 2.18. The third-order valence-electron chi connectivity index (χ3n) is 3.31. The molecule has 7 heteroatoms. The molecule has 0 fully saturated rings. The minimum Gasteiger partial charge on any atom is -0.299 e. The summed E-state index contributed by atoms with van der Waals surface area (Å²) in [5.41, 5.74) is -0.178. The summed E-state index contributed by atoms with van der Waals surface area (Å²) >= 11 is 1.41. The van der Waals surface area contributed by atoms with Crippen LogP contribution < -0.4 is 11.2 Å². The SMILES string of the molecule is CCn1cc(C#N)c(=O)n(Cc2nc(C(C)(C)C)cs2)c1=O. The van der Waals surface area contributed by atoms with Crippen LogP contribution in [0.4, 0.5) is 0 Å². The molecule has 116 valence electrons. The summed E-state index contributed by atoms with van der Waals surface area (Å²) < 4.78 is 2.44. The van der Waals surface area contributed by atoms with Gasteiger partial charge in [0.05, 0.1) is 12.2 Å². The molecule has 2 aromatic heterocycles. The Labute approximate surface area is 132 Å². The highest BCUT2D eigenvalue weighted by atomic mass is 32.1. The lowest BCUT2D eigenvalue weighted by Gasteiger charge is -2.14. The van der Waals surface area contributed by atoms with Gasteiger partial charge < -0.3 is 0 Å². The first-order valence-electron chi connectivity index (χ1n) is 6.97. The van der Waals surface area contributed by atoms with Crippen molar-refractivity contribution in [2.45, 2.75) is 46.2 Å². The van der Waals surface area contributed by atoms with Gasteiger partial charge in [-0.25, -0.2) is 9.78 Å². The molecular weight excluding hydrogens is 300 g/mol. The minimum absolute atomic E-state index is 0.0333. The molecule has 0 unspecified atom stereocenters. The zero-order chi connectivity index (χ0) is 16.5. The summed E-state index contributed by atoms with van der Waals surface area (Å²) in [6, 6.07) is 1.84. The zero-order valence-electron chi connectivity index (χ0n) is 13.1. The number of nitriles is 1. The Kier molecular flexibility index (Phi) is 4.33. The zero-order valence-corrected chi connectivity index (χ0v) is 13.9. The second kappa shape index (κ2) is 5.89. The molecule has 0 spiro atoms. The molecule has 0 radical (unpaired) electrons. The van der Waals surface area contributed by atoms with Gasteiger partial charge in [-0.2, -0.15) is 5.26 Å². The summed E-state index contributed by atoms with van der Waals surface area (Å²) in [7, 11) is 0. The van der Waals surface area contributed by atoms with Crippen molar-refractivity contribution in [3.63, 3.8) is 0 Å². The van der Waals surface area contributed by atoms with Crippen LogP contribution >= 0.6 is 11.3 Å². The third-order valence-corrected chi connectivity index (χ3v) is 4.15. The molecule has 6 nitrogen and oxygen atoms in total. The second-order valence-corrected chi connectivity index (χ2v) is 6.93. The smallest absolute Gasteiger partial charge is 0.299 e. The quantitative estimate of drug-likeness (QED) is 0.862. The molecule has 2 aromatic rings. The first-order valence-corrected chi connectivity index (χ1v) is 7.85. The maximum Gasteiger partial charge on any atom is 0.331 e. The average Bonchev–Trinajstić information content (AvgIpc) is 2.92. The monoisotopic (exact) mass is 318 g/mol. The molecule has 2 rings (SSSR count). The Morgan fingerprint density at radius 2 is 2.05 bits per heavy atom. The van der Waals surface area contributed by atoms with Crippen molar-refractivity contribution < 1.29 is 0 Å². The van der Waals surface area contributed by atoms with E-state index in [4.69, 9.17) is 5.26 Å². The van der Waals surface area contributed by atoms with Crippen molar-refractivity contribution in [1.29, 1.82) is 5.26 Å². The van der Waals surface area contributed by atoms with Crippen molar-refractivity contribution in [3.8, 4) is 6.07 Å². The van der Waals surface area contributed by atoms with E-state index in [0.717, 1.165) is 10.3 Å². The number of nitrogens with zero attached hydrogens (tertiary/aromatic N) is 4. The van der Waals surface area contributed by atoms with Crippen LogP contribution in [0.15, 0.2) is 21.2 Å². The first-order chi connectivity index (χ1) is 10.3. The molecule has 2 heterocycles. The largest absolute Gasteiger partial charge is 0.331 e. The van der Waals surface area contributed by atoms with E-state index in [9.17, 15) is 9.59 Å². The van der Waals surface area contributed by atoms with E-state index in [1.807, 2.05) is 11.4 Å². The van der Waals surface area contributed by atoms with Gasteiger partial charge in [0.2, 0.25) is 0 Å². The molecule has 0 bridgehead atoms. The van der Waals surface area contributed by atoms with Crippen LogP contribution in [0.3, 0.4) is 0 Å². The molecule has 0 aliphatic rings. The number of hydrogen-bond donors (Lipinski definition) is 0. The van der Waals surface area contributed by atoms with Gasteiger partial charge in [0.1, 0.15) is 16.6 Å². The second-order valence-electron chi connectivity index (χ2n) is 5.99. The van der Waals surface area contributed by atoms with E-state index in [0.29, 0.717) is 11.6 Å². The van der Waals surface area contributed by atoms with Crippen LogP contribution in [-0.2, 0) is 18.5 Å². The van der Waals surface area contributed by atoms with Crippen LogP contribution in [0.5, 0.6) is 0 Å². The fourth-order valence-corrected chi connectivity index (χ4v) is 2.97. The standard InChI is InChI=1S/C15H18N4O2S/c1-5-18-7-10(6-16)13(20)19(14(18)21)8-12-17-11(9-22-12)15(2,3)4/h7,9H,5,8H2,1-4H3. The topological polar surface area (TPSA) is 80.7 Å². The van der Waals surface area contributed by atoms with Gasteiger partial charge in [-0.15, -0.1) is 11.3 Å². The van der Waals surface area contributed by atoms with Gasteiger partial charge in [-0.05, 0) is 6.92 Å². The Hall–Kier alpha value is -2.20. The Morgan fingerprint density at radius 1 is 1.36 bits per heavy atom. The summed E-state index contributed by atoms with van der Waals surface area (Å²) in [5.74, 6) is 0. The fraction of sp³-hybridized carbons (Fsp3) is 0.467. The van der Waals surface area contributed by atoms with Crippen molar-refractivity contribution in [3.05, 3.63) is 48.7 Å². The molecule has 0 atom stereocenters. The lowest BCUT2D eigenvalue weighted by Crippen LogP contribution is -2.40. The van der Waals surface area contributed by atoms with Crippen LogP contribution in [0.1, 0.15) is 44.0 Å². The van der Waals surface area contributed by atoms with Gasteiger partial charge in [-0.3, -0.25) is 13.9 Å². The van der Waals surface area contributed by atoms with Gasteiger partial charge in [0, 0.05) is 23.5 Å². The van der Waals surface area contributed by atoms with Crippen LogP contribution in [0.2, 0.25) is 0 Å². The van der Waals surface area contributed by atoms with E-state index in [1.165, 1.54) is 22.1 Å².